The first-order valence-corrected chi connectivity index (χ1v) is 12.7. The number of carbonyl (C=O) groups is 1. The van der Waals surface area contributed by atoms with Crippen LogP contribution in [0.25, 0.3) is 10.9 Å². The molecule has 1 amide bonds. The Kier molecular flexibility index (Phi) is 6.89. The van der Waals surface area contributed by atoms with Crippen LogP contribution in [-0.2, 0) is 6.54 Å². The van der Waals surface area contributed by atoms with Gasteiger partial charge in [-0.05, 0) is 36.9 Å². The SMILES string of the molecule is CN1CCN(c2cc3c(cc2F)c(=O)c(C(=O)NCc2ccc(Cl)cc2Cl)c(Cl)n3C2CC2F)CC1. The summed E-state index contributed by atoms with van der Waals surface area (Å²) >= 11 is 18.7. The maximum Gasteiger partial charge on any atom is 0.258 e. The molecule has 36 heavy (non-hydrogen) atoms. The highest BCUT2D eigenvalue weighted by Gasteiger charge is 2.42. The van der Waals surface area contributed by atoms with Crippen molar-refractivity contribution in [3.63, 3.8) is 0 Å². The number of amides is 1. The molecule has 3 aromatic rings. The van der Waals surface area contributed by atoms with E-state index in [2.05, 4.69) is 10.2 Å². The van der Waals surface area contributed by atoms with E-state index in [1.807, 2.05) is 11.9 Å². The first kappa shape index (κ1) is 25.3. The number of nitrogens with one attached hydrogen (secondary N) is 1. The fourth-order valence-corrected chi connectivity index (χ4v) is 5.41. The molecule has 1 N–H and O–H groups in total. The van der Waals surface area contributed by atoms with Crippen LogP contribution in [0.15, 0.2) is 35.1 Å². The van der Waals surface area contributed by atoms with Gasteiger partial charge in [0.1, 0.15) is 22.7 Å². The molecule has 0 spiro atoms. The van der Waals surface area contributed by atoms with Gasteiger partial charge >= 0.3 is 0 Å². The van der Waals surface area contributed by atoms with Gasteiger partial charge in [0.2, 0.25) is 5.43 Å². The smallest absolute Gasteiger partial charge is 0.258 e. The largest absolute Gasteiger partial charge is 0.367 e. The number of pyridine rings is 1. The lowest BCUT2D eigenvalue weighted by Gasteiger charge is -2.34. The molecule has 2 unspecified atom stereocenters. The van der Waals surface area contributed by atoms with Crippen LogP contribution in [0, 0.1) is 5.82 Å². The van der Waals surface area contributed by atoms with Gasteiger partial charge in [0.15, 0.2) is 0 Å². The monoisotopic (exact) mass is 554 g/mol. The second kappa shape index (κ2) is 9.82. The normalized spacial score (nSPS) is 20.1. The molecule has 1 saturated heterocycles. The number of aromatic nitrogens is 1. The Balaban J connectivity index is 1.56. The van der Waals surface area contributed by atoms with Gasteiger partial charge in [-0.15, -0.1) is 0 Å². The van der Waals surface area contributed by atoms with E-state index in [1.54, 1.807) is 18.2 Å². The van der Waals surface area contributed by atoms with Crippen molar-refractivity contribution in [2.45, 2.75) is 25.2 Å². The minimum Gasteiger partial charge on any atom is -0.367 e. The molecule has 0 bridgehead atoms. The topological polar surface area (TPSA) is 57.6 Å². The Bertz CT molecular complexity index is 1420. The second-order valence-electron chi connectivity index (χ2n) is 9.21. The number of nitrogens with zero attached hydrogens (tertiary/aromatic N) is 3. The van der Waals surface area contributed by atoms with E-state index in [4.69, 9.17) is 34.8 Å². The van der Waals surface area contributed by atoms with Crippen LogP contribution in [-0.4, -0.2) is 54.8 Å². The highest BCUT2D eigenvalue weighted by Crippen LogP contribution is 2.44. The molecule has 6 nitrogen and oxygen atoms in total. The van der Waals surface area contributed by atoms with Crippen LogP contribution in [0.5, 0.6) is 0 Å². The number of rotatable bonds is 5. The molecule has 1 aliphatic heterocycles. The molecule has 1 aliphatic carbocycles. The minimum atomic E-state index is -1.17. The number of fused-ring (bicyclic) bond motifs is 1. The van der Waals surface area contributed by atoms with Crippen molar-refractivity contribution in [1.82, 2.24) is 14.8 Å². The Morgan fingerprint density at radius 1 is 1.11 bits per heavy atom. The molecular weight excluding hydrogens is 533 g/mol. The zero-order valence-corrected chi connectivity index (χ0v) is 21.6. The number of benzene rings is 2. The quantitative estimate of drug-likeness (QED) is 0.447. The van der Waals surface area contributed by atoms with Crippen LogP contribution in [0.3, 0.4) is 0 Å². The van der Waals surface area contributed by atoms with Crippen molar-refractivity contribution in [3.05, 3.63) is 72.7 Å². The fraction of sp³-hybridized carbons (Fsp3) is 0.360. The van der Waals surface area contributed by atoms with Crippen molar-refractivity contribution in [2.24, 2.45) is 0 Å². The van der Waals surface area contributed by atoms with Crippen molar-refractivity contribution >= 4 is 57.3 Å². The van der Waals surface area contributed by atoms with Crippen LogP contribution < -0.4 is 15.6 Å². The molecule has 2 atom stereocenters. The average Bonchev–Trinajstić information content (AvgIpc) is 3.55. The van der Waals surface area contributed by atoms with Crippen LogP contribution >= 0.6 is 34.8 Å². The maximum absolute atomic E-state index is 15.2. The van der Waals surface area contributed by atoms with Crippen LogP contribution in [0.2, 0.25) is 15.2 Å². The van der Waals surface area contributed by atoms with Gasteiger partial charge in [-0.25, -0.2) is 8.78 Å². The molecule has 190 valence electrons. The summed E-state index contributed by atoms with van der Waals surface area (Å²) in [5.41, 5.74) is 0.139. The first-order chi connectivity index (χ1) is 17.2. The number of halogens is 5. The van der Waals surface area contributed by atoms with Crippen LogP contribution in [0.1, 0.15) is 28.4 Å². The van der Waals surface area contributed by atoms with E-state index in [1.165, 1.54) is 10.6 Å². The summed E-state index contributed by atoms with van der Waals surface area (Å²) in [5.74, 6) is -1.34. The van der Waals surface area contributed by atoms with Gasteiger partial charge < -0.3 is 19.7 Å². The summed E-state index contributed by atoms with van der Waals surface area (Å²) in [7, 11) is 1.99. The van der Waals surface area contributed by atoms with Crippen molar-refractivity contribution in [3.8, 4) is 0 Å². The molecule has 1 aromatic heterocycles. The van der Waals surface area contributed by atoms with E-state index in [0.29, 0.717) is 39.9 Å². The predicted octanol–water partition coefficient (Wildman–Crippen LogP) is 5.07. The third-order valence-electron chi connectivity index (χ3n) is 6.75. The molecule has 11 heteroatoms. The maximum atomic E-state index is 15.2. The highest BCUT2D eigenvalue weighted by atomic mass is 35.5. The number of alkyl halides is 1. The molecule has 1 saturated carbocycles. The molecule has 2 aromatic carbocycles. The van der Waals surface area contributed by atoms with E-state index >= 15 is 4.39 Å². The van der Waals surface area contributed by atoms with Crippen LogP contribution in [0.4, 0.5) is 14.5 Å². The van der Waals surface area contributed by atoms with Gasteiger partial charge in [-0.2, -0.15) is 0 Å². The predicted molar refractivity (Wildman–Crippen MR) is 139 cm³/mol. The Hall–Kier alpha value is -2.39. The summed E-state index contributed by atoms with van der Waals surface area (Å²) < 4.78 is 31.0. The molecule has 2 heterocycles. The van der Waals surface area contributed by atoms with E-state index < -0.39 is 29.4 Å². The molecule has 5 rings (SSSR count). The Morgan fingerprint density at radius 2 is 1.81 bits per heavy atom. The van der Waals surface area contributed by atoms with E-state index in [-0.39, 0.29) is 29.1 Å². The molecule has 0 radical (unpaired) electrons. The minimum absolute atomic E-state index is 0.00844. The van der Waals surface area contributed by atoms with Gasteiger partial charge in [0.25, 0.3) is 5.91 Å². The third-order valence-corrected chi connectivity index (χ3v) is 7.71. The van der Waals surface area contributed by atoms with Crippen molar-refractivity contribution < 1.29 is 13.6 Å². The van der Waals surface area contributed by atoms with Gasteiger partial charge in [0.05, 0.1) is 17.2 Å². The van der Waals surface area contributed by atoms with Gasteiger partial charge in [-0.3, -0.25) is 9.59 Å². The molecular formula is C25H23Cl3F2N4O2. The summed E-state index contributed by atoms with van der Waals surface area (Å²) in [6, 6.07) is 6.85. The number of carbonyl (C=O) groups excluding carboxylic acids is 1. The van der Waals surface area contributed by atoms with E-state index in [9.17, 15) is 14.0 Å². The average molecular weight is 556 g/mol. The van der Waals surface area contributed by atoms with Crippen molar-refractivity contribution in [1.29, 1.82) is 0 Å². The van der Waals surface area contributed by atoms with Gasteiger partial charge in [0, 0.05) is 54.6 Å². The fourth-order valence-electron chi connectivity index (χ4n) is 4.55. The zero-order chi connectivity index (χ0) is 25.7. The standard InChI is InChI=1S/C25H23Cl3F2N4O2/c1-32-4-6-33(7-5-32)20-11-19-15(9-17(20)29)23(35)22(24(28)34(19)21-10-18(21)30)25(36)31-12-13-2-3-14(26)8-16(13)27/h2-3,8-9,11,18,21H,4-7,10,12H2,1H3,(H,31,36). The lowest BCUT2D eigenvalue weighted by molar-refractivity contribution is 0.0949. The number of hydrogen-bond donors (Lipinski definition) is 1. The summed E-state index contributed by atoms with van der Waals surface area (Å²) in [6.07, 6.45) is -0.977. The molecule has 2 fully saturated rings. The highest BCUT2D eigenvalue weighted by molar-refractivity contribution is 6.35. The number of piperazine rings is 1. The Labute approximate surface area is 221 Å². The first-order valence-electron chi connectivity index (χ1n) is 11.5. The Morgan fingerprint density at radius 3 is 2.44 bits per heavy atom. The van der Waals surface area contributed by atoms with E-state index in [0.717, 1.165) is 19.2 Å². The third kappa shape index (κ3) is 4.67. The summed E-state index contributed by atoms with van der Waals surface area (Å²) in [4.78, 5) is 30.5. The van der Waals surface area contributed by atoms with Crippen molar-refractivity contribution in [2.75, 3.05) is 38.1 Å². The number of likely N-dealkylation sites (N-methyl/N-ethyl adjacent to an activating group) is 1. The molecule has 2 aliphatic rings. The lowest BCUT2D eigenvalue weighted by atomic mass is 10.1. The summed E-state index contributed by atoms with van der Waals surface area (Å²) in [6.45, 7) is 2.75. The summed E-state index contributed by atoms with van der Waals surface area (Å²) in [5, 5.41) is 3.23. The van der Waals surface area contributed by atoms with Gasteiger partial charge in [-0.1, -0.05) is 40.9 Å². The zero-order valence-electron chi connectivity index (χ0n) is 19.3. The number of anilines is 1. The second-order valence-corrected chi connectivity index (χ2v) is 10.4. The lowest BCUT2D eigenvalue weighted by Crippen LogP contribution is -2.44. The number of hydrogen-bond acceptors (Lipinski definition) is 4.